The van der Waals surface area contributed by atoms with Crippen LogP contribution >= 0.6 is 0 Å². The monoisotopic (exact) mass is 301 g/mol. The van der Waals surface area contributed by atoms with Gasteiger partial charge in [-0.25, -0.2) is 0 Å². The molecule has 2 heteroatoms. The quantitative estimate of drug-likeness (QED) is 0.707. The van der Waals surface area contributed by atoms with Gasteiger partial charge in [-0.15, -0.1) is 0 Å². The molecule has 2 nitrogen and oxygen atoms in total. The number of aliphatic hydroxyl groups is 1. The number of rotatable bonds is 0. The molecule has 0 heterocycles. The highest BCUT2D eigenvalue weighted by molar-refractivity contribution is 5.96. The van der Waals surface area contributed by atoms with Crippen LogP contribution in [-0.4, -0.2) is 24.0 Å². The molecule has 0 aliphatic heterocycles. The van der Waals surface area contributed by atoms with Crippen molar-refractivity contribution in [2.75, 3.05) is 7.05 Å². The number of aliphatic imine (C=N–C) groups is 1. The minimum absolute atomic E-state index is 0.0478. The van der Waals surface area contributed by atoms with Crippen molar-refractivity contribution >= 4 is 5.71 Å². The van der Waals surface area contributed by atoms with E-state index in [4.69, 9.17) is 0 Å². The lowest BCUT2D eigenvalue weighted by molar-refractivity contribution is -0.0721. The fraction of sp³-hybridized carbons (Fsp3) is 0.850. The van der Waals surface area contributed by atoms with Gasteiger partial charge in [0.2, 0.25) is 0 Å². The third-order valence-electron chi connectivity index (χ3n) is 8.21. The normalized spacial score (nSPS) is 52.7. The van der Waals surface area contributed by atoms with Gasteiger partial charge in [-0.1, -0.05) is 19.4 Å². The summed E-state index contributed by atoms with van der Waals surface area (Å²) in [6.07, 6.45) is 12.3. The van der Waals surface area contributed by atoms with Crippen LogP contribution in [0.5, 0.6) is 0 Å². The molecule has 0 aromatic rings. The summed E-state index contributed by atoms with van der Waals surface area (Å²) in [5, 5.41) is 10.5. The average Bonchev–Trinajstić information content (AvgIpc) is 2.82. The SMILES string of the molecule is CN=C1C=C2CCC3C(CC[C@@]4(C)C3CC[C@@H]4O)[C@@]2(C)CC1. The summed E-state index contributed by atoms with van der Waals surface area (Å²) < 4.78 is 0. The van der Waals surface area contributed by atoms with Crippen LogP contribution in [0.25, 0.3) is 0 Å². The number of hydrogen-bond acceptors (Lipinski definition) is 2. The second-order valence-corrected chi connectivity index (χ2v) is 8.86. The fourth-order valence-corrected chi connectivity index (χ4v) is 6.72. The third kappa shape index (κ3) is 1.85. The molecule has 4 rings (SSSR count). The molecule has 3 fully saturated rings. The highest BCUT2D eigenvalue weighted by atomic mass is 16.3. The first kappa shape index (κ1) is 14.9. The minimum atomic E-state index is -0.0478. The van der Waals surface area contributed by atoms with E-state index < -0.39 is 0 Å². The molecule has 0 radical (unpaired) electrons. The van der Waals surface area contributed by atoms with Crippen LogP contribution in [0.15, 0.2) is 16.6 Å². The summed E-state index contributed by atoms with van der Waals surface area (Å²) >= 11 is 0. The maximum atomic E-state index is 10.5. The molecule has 0 saturated heterocycles. The van der Waals surface area contributed by atoms with Gasteiger partial charge in [0.05, 0.1) is 6.10 Å². The summed E-state index contributed by atoms with van der Waals surface area (Å²) in [6.45, 7) is 4.91. The summed E-state index contributed by atoms with van der Waals surface area (Å²) in [6, 6.07) is 0. The van der Waals surface area contributed by atoms with Gasteiger partial charge in [-0.2, -0.15) is 0 Å². The third-order valence-corrected chi connectivity index (χ3v) is 8.21. The van der Waals surface area contributed by atoms with Gasteiger partial charge in [-0.05, 0) is 86.0 Å². The molecule has 0 bridgehead atoms. The van der Waals surface area contributed by atoms with E-state index in [1.807, 2.05) is 7.05 Å². The number of hydrogen-bond donors (Lipinski definition) is 1. The van der Waals surface area contributed by atoms with Crippen molar-refractivity contribution in [3.63, 3.8) is 0 Å². The predicted octanol–water partition coefficient (Wildman–Crippen LogP) is 4.38. The summed E-state index contributed by atoms with van der Waals surface area (Å²) in [4.78, 5) is 4.46. The number of aliphatic hydroxyl groups excluding tert-OH is 1. The van der Waals surface area contributed by atoms with E-state index >= 15 is 0 Å². The van der Waals surface area contributed by atoms with Crippen LogP contribution in [0.4, 0.5) is 0 Å². The maximum Gasteiger partial charge on any atom is 0.0596 e. The van der Waals surface area contributed by atoms with E-state index in [2.05, 4.69) is 24.9 Å². The first-order chi connectivity index (χ1) is 10.5. The van der Waals surface area contributed by atoms with Crippen molar-refractivity contribution in [1.29, 1.82) is 0 Å². The lowest BCUT2D eigenvalue weighted by Gasteiger charge is -2.57. The van der Waals surface area contributed by atoms with Gasteiger partial charge < -0.3 is 5.11 Å². The Morgan fingerprint density at radius 2 is 1.86 bits per heavy atom. The standard InChI is InChI=1S/C20H31NO/c1-19-10-8-14(21-3)12-13(19)4-5-15-16-6-7-18(22)20(16,2)11-9-17(15)19/h12,15-18,22H,4-11H2,1-3H3/t15?,16?,17?,18-,19-,20-/m0/s1. The largest absolute Gasteiger partial charge is 0.393 e. The molecule has 0 aromatic heterocycles. The second kappa shape index (κ2) is 4.93. The summed E-state index contributed by atoms with van der Waals surface area (Å²) in [5.74, 6) is 2.45. The van der Waals surface area contributed by atoms with E-state index in [1.54, 1.807) is 5.57 Å². The summed E-state index contributed by atoms with van der Waals surface area (Å²) in [5.41, 5.74) is 3.61. The Morgan fingerprint density at radius 3 is 2.64 bits per heavy atom. The van der Waals surface area contributed by atoms with Crippen molar-refractivity contribution < 1.29 is 5.11 Å². The molecular weight excluding hydrogens is 270 g/mol. The van der Waals surface area contributed by atoms with Crippen LogP contribution in [0, 0.1) is 28.6 Å². The van der Waals surface area contributed by atoms with Gasteiger partial charge in [0.25, 0.3) is 0 Å². The number of fused-ring (bicyclic) bond motifs is 5. The highest BCUT2D eigenvalue weighted by Gasteiger charge is 2.58. The number of nitrogens with zero attached hydrogens (tertiary/aromatic N) is 1. The van der Waals surface area contributed by atoms with Crippen molar-refractivity contribution in [3.8, 4) is 0 Å². The van der Waals surface area contributed by atoms with E-state index in [0.29, 0.717) is 5.41 Å². The van der Waals surface area contributed by atoms with Crippen molar-refractivity contribution in [2.45, 2.75) is 71.3 Å². The van der Waals surface area contributed by atoms with Crippen LogP contribution in [0.2, 0.25) is 0 Å². The Hall–Kier alpha value is -0.630. The molecule has 6 atom stereocenters. The predicted molar refractivity (Wildman–Crippen MR) is 91.1 cm³/mol. The Balaban J connectivity index is 1.68. The lowest BCUT2D eigenvalue weighted by Crippen LogP contribution is -2.51. The van der Waals surface area contributed by atoms with Crippen molar-refractivity contribution in [3.05, 3.63) is 11.6 Å². The van der Waals surface area contributed by atoms with Crippen LogP contribution < -0.4 is 0 Å². The van der Waals surface area contributed by atoms with Crippen LogP contribution in [0.3, 0.4) is 0 Å². The minimum Gasteiger partial charge on any atom is -0.393 e. The van der Waals surface area contributed by atoms with E-state index in [9.17, 15) is 5.11 Å². The molecule has 4 aliphatic carbocycles. The Bertz CT molecular complexity index is 536. The Labute approximate surface area is 135 Å². The van der Waals surface area contributed by atoms with Crippen LogP contribution in [-0.2, 0) is 0 Å². The first-order valence-electron chi connectivity index (χ1n) is 9.34. The molecule has 0 amide bonds. The zero-order valence-corrected chi connectivity index (χ0v) is 14.4. The molecule has 3 unspecified atom stereocenters. The smallest absolute Gasteiger partial charge is 0.0596 e. The van der Waals surface area contributed by atoms with E-state index in [0.717, 1.165) is 30.6 Å². The first-order valence-corrected chi connectivity index (χ1v) is 9.34. The van der Waals surface area contributed by atoms with Crippen molar-refractivity contribution in [1.82, 2.24) is 0 Å². The lowest BCUT2D eigenvalue weighted by atomic mass is 9.47. The number of allylic oxidation sites excluding steroid dienone is 2. The Kier molecular flexibility index (Phi) is 3.35. The zero-order chi connectivity index (χ0) is 15.5. The van der Waals surface area contributed by atoms with Crippen molar-refractivity contribution in [2.24, 2.45) is 33.6 Å². The molecule has 1 N–H and O–H groups in total. The van der Waals surface area contributed by atoms with Gasteiger partial charge in [0.1, 0.15) is 0 Å². The molecule has 0 aromatic carbocycles. The second-order valence-electron chi connectivity index (χ2n) is 8.86. The molecular formula is C20H31NO. The van der Waals surface area contributed by atoms with Gasteiger partial charge in [0, 0.05) is 12.8 Å². The maximum absolute atomic E-state index is 10.5. The van der Waals surface area contributed by atoms with Gasteiger partial charge >= 0.3 is 0 Å². The molecule has 122 valence electrons. The molecule has 3 saturated carbocycles. The topological polar surface area (TPSA) is 32.6 Å². The Morgan fingerprint density at radius 1 is 1.05 bits per heavy atom. The molecule has 22 heavy (non-hydrogen) atoms. The molecule has 4 aliphatic rings. The highest BCUT2D eigenvalue weighted by Crippen LogP contribution is 2.65. The average molecular weight is 301 g/mol. The summed E-state index contributed by atoms with van der Waals surface area (Å²) in [7, 11) is 1.94. The van der Waals surface area contributed by atoms with E-state index in [-0.39, 0.29) is 11.5 Å². The zero-order valence-electron chi connectivity index (χ0n) is 14.4. The van der Waals surface area contributed by atoms with Gasteiger partial charge in [-0.3, -0.25) is 4.99 Å². The van der Waals surface area contributed by atoms with E-state index in [1.165, 1.54) is 44.2 Å². The molecule has 0 spiro atoms. The fourth-order valence-electron chi connectivity index (χ4n) is 6.72. The van der Waals surface area contributed by atoms with Gasteiger partial charge in [0.15, 0.2) is 0 Å². The van der Waals surface area contributed by atoms with Crippen LogP contribution in [0.1, 0.15) is 65.2 Å².